The van der Waals surface area contributed by atoms with Gasteiger partial charge in [0.25, 0.3) is 0 Å². The predicted molar refractivity (Wildman–Crippen MR) is 62.9 cm³/mol. The van der Waals surface area contributed by atoms with Gasteiger partial charge in [0.05, 0.1) is 22.1 Å². The first-order valence-electron chi connectivity index (χ1n) is 5.01. The zero-order chi connectivity index (χ0) is 11.0. The summed E-state index contributed by atoms with van der Waals surface area (Å²) in [5, 5.41) is 0.719. The van der Waals surface area contributed by atoms with Crippen LogP contribution in [0.1, 0.15) is 25.2 Å². The number of fused-ring (bicyclic) bond motifs is 1. The van der Waals surface area contributed by atoms with E-state index in [1.807, 2.05) is 36.7 Å². The summed E-state index contributed by atoms with van der Waals surface area (Å²) in [7, 11) is 1.95. The third-order valence-corrected chi connectivity index (χ3v) is 2.96. The molecular weight excluding hydrogens is 210 g/mol. The fourth-order valence-corrected chi connectivity index (χ4v) is 2.05. The second-order valence-electron chi connectivity index (χ2n) is 3.65. The van der Waals surface area contributed by atoms with Crippen molar-refractivity contribution in [3.63, 3.8) is 0 Å². The number of halogens is 1. The number of imidazole rings is 1. The van der Waals surface area contributed by atoms with E-state index in [2.05, 4.69) is 4.98 Å². The molecule has 0 amide bonds. The van der Waals surface area contributed by atoms with Crippen molar-refractivity contribution >= 4 is 22.6 Å². The fraction of sp³-hybridized carbons (Fsp3) is 0.364. The maximum absolute atomic E-state index is 6.12. The van der Waals surface area contributed by atoms with Gasteiger partial charge < -0.3 is 10.3 Å². The Labute approximate surface area is 93.9 Å². The van der Waals surface area contributed by atoms with Crippen LogP contribution in [0, 0.1) is 0 Å². The minimum absolute atomic E-state index is 0.0292. The van der Waals surface area contributed by atoms with Crippen molar-refractivity contribution in [3.05, 3.63) is 29.0 Å². The highest BCUT2D eigenvalue weighted by molar-refractivity contribution is 6.35. The highest BCUT2D eigenvalue weighted by atomic mass is 35.5. The number of hydrogen-bond acceptors (Lipinski definition) is 2. The van der Waals surface area contributed by atoms with Crippen LogP contribution < -0.4 is 5.73 Å². The largest absolute Gasteiger partial charge is 0.329 e. The summed E-state index contributed by atoms with van der Waals surface area (Å²) in [5.41, 5.74) is 7.85. The smallest absolute Gasteiger partial charge is 0.126 e. The number of para-hydroxylation sites is 1. The van der Waals surface area contributed by atoms with Crippen molar-refractivity contribution in [2.45, 2.75) is 19.4 Å². The molecular formula is C11H14ClN3. The molecule has 80 valence electrons. The summed E-state index contributed by atoms with van der Waals surface area (Å²) in [6.07, 6.45) is 0.870. The summed E-state index contributed by atoms with van der Waals surface area (Å²) in [5.74, 6) is 0.889. The fourth-order valence-electron chi connectivity index (χ4n) is 1.75. The molecule has 1 aromatic heterocycles. The predicted octanol–water partition coefficient (Wildman–Crippen LogP) is 2.64. The topological polar surface area (TPSA) is 43.8 Å². The molecule has 2 N–H and O–H groups in total. The Bertz CT molecular complexity index is 490. The summed E-state index contributed by atoms with van der Waals surface area (Å²) in [6, 6.07) is 5.69. The van der Waals surface area contributed by atoms with Gasteiger partial charge >= 0.3 is 0 Å². The van der Waals surface area contributed by atoms with Crippen LogP contribution in [-0.2, 0) is 7.05 Å². The molecule has 1 aromatic carbocycles. The van der Waals surface area contributed by atoms with Crippen LogP contribution in [0.25, 0.3) is 11.0 Å². The first kappa shape index (κ1) is 10.5. The van der Waals surface area contributed by atoms with Crippen LogP contribution in [0.4, 0.5) is 0 Å². The zero-order valence-corrected chi connectivity index (χ0v) is 9.62. The summed E-state index contributed by atoms with van der Waals surface area (Å²) in [6.45, 7) is 2.05. The average molecular weight is 224 g/mol. The van der Waals surface area contributed by atoms with E-state index in [1.165, 1.54) is 0 Å². The van der Waals surface area contributed by atoms with Crippen molar-refractivity contribution in [3.8, 4) is 0 Å². The van der Waals surface area contributed by atoms with Crippen molar-refractivity contribution in [1.29, 1.82) is 0 Å². The zero-order valence-electron chi connectivity index (χ0n) is 8.87. The molecule has 0 aliphatic heterocycles. The number of nitrogens with zero attached hydrogens (tertiary/aromatic N) is 2. The minimum atomic E-state index is -0.0292. The van der Waals surface area contributed by atoms with Crippen LogP contribution >= 0.6 is 11.6 Å². The van der Waals surface area contributed by atoms with Crippen molar-refractivity contribution in [1.82, 2.24) is 9.55 Å². The molecule has 0 saturated carbocycles. The SMILES string of the molecule is CCC(N)c1nc2cccc(Cl)c2n1C. The molecule has 0 saturated heterocycles. The van der Waals surface area contributed by atoms with Crippen LogP contribution in [0.3, 0.4) is 0 Å². The molecule has 3 nitrogen and oxygen atoms in total. The lowest BCUT2D eigenvalue weighted by atomic mass is 10.2. The highest BCUT2D eigenvalue weighted by Crippen LogP contribution is 2.25. The summed E-state index contributed by atoms with van der Waals surface area (Å²) in [4.78, 5) is 4.50. The molecule has 2 rings (SSSR count). The number of rotatable bonds is 2. The van der Waals surface area contributed by atoms with Crippen LogP contribution in [-0.4, -0.2) is 9.55 Å². The Kier molecular flexibility index (Phi) is 2.67. The summed E-state index contributed by atoms with van der Waals surface area (Å²) >= 11 is 6.12. The van der Waals surface area contributed by atoms with Crippen molar-refractivity contribution in [2.24, 2.45) is 12.8 Å². The van der Waals surface area contributed by atoms with E-state index in [-0.39, 0.29) is 6.04 Å². The van der Waals surface area contributed by atoms with Gasteiger partial charge in [-0.15, -0.1) is 0 Å². The van der Waals surface area contributed by atoms with Gasteiger partial charge in [-0.2, -0.15) is 0 Å². The Balaban J connectivity index is 2.70. The van der Waals surface area contributed by atoms with E-state index in [1.54, 1.807) is 0 Å². The molecule has 15 heavy (non-hydrogen) atoms. The van der Waals surface area contributed by atoms with Gasteiger partial charge in [-0.25, -0.2) is 4.98 Å². The van der Waals surface area contributed by atoms with Gasteiger partial charge in [-0.1, -0.05) is 24.6 Å². The molecule has 0 radical (unpaired) electrons. The summed E-state index contributed by atoms with van der Waals surface area (Å²) < 4.78 is 1.98. The van der Waals surface area contributed by atoms with Gasteiger partial charge in [0.2, 0.25) is 0 Å². The number of hydrogen-bond donors (Lipinski definition) is 1. The van der Waals surface area contributed by atoms with E-state index < -0.39 is 0 Å². The maximum Gasteiger partial charge on any atom is 0.126 e. The monoisotopic (exact) mass is 223 g/mol. The number of aromatic nitrogens is 2. The van der Waals surface area contributed by atoms with Crippen LogP contribution in [0.5, 0.6) is 0 Å². The molecule has 2 aromatic rings. The van der Waals surface area contributed by atoms with E-state index in [4.69, 9.17) is 17.3 Å². The molecule has 0 spiro atoms. The molecule has 0 fully saturated rings. The Hall–Kier alpha value is -1.06. The first-order chi connectivity index (χ1) is 7.15. The molecule has 1 atom stereocenters. The minimum Gasteiger partial charge on any atom is -0.329 e. The van der Waals surface area contributed by atoms with Gasteiger partial charge in [-0.3, -0.25) is 0 Å². The van der Waals surface area contributed by atoms with E-state index in [9.17, 15) is 0 Å². The normalized spacial score (nSPS) is 13.3. The van der Waals surface area contributed by atoms with Gasteiger partial charge in [0.1, 0.15) is 5.82 Å². The third-order valence-electron chi connectivity index (χ3n) is 2.65. The molecule has 1 heterocycles. The van der Waals surface area contributed by atoms with E-state index >= 15 is 0 Å². The van der Waals surface area contributed by atoms with E-state index in [0.29, 0.717) is 0 Å². The van der Waals surface area contributed by atoms with Crippen molar-refractivity contribution < 1.29 is 0 Å². The number of nitrogens with two attached hydrogens (primary N) is 1. The Morgan fingerprint density at radius 3 is 2.87 bits per heavy atom. The number of aryl methyl sites for hydroxylation is 1. The second-order valence-corrected chi connectivity index (χ2v) is 4.06. The van der Waals surface area contributed by atoms with Crippen LogP contribution in [0.15, 0.2) is 18.2 Å². The lowest BCUT2D eigenvalue weighted by Gasteiger charge is -2.08. The molecule has 4 heteroatoms. The molecule has 1 unspecified atom stereocenters. The lowest BCUT2D eigenvalue weighted by molar-refractivity contribution is 0.623. The van der Waals surface area contributed by atoms with Gasteiger partial charge in [-0.05, 0) is 18.6 Å². The van der Waals surface area contributed by atoms with Crippen molar-refractivity contribution in [2.75, 3.05) is 0 Å². The Morgan fingerprint density at radius 1 is 1.53 bits per heavy atom. The lowest BCUT2D eigenvalue weighted by Crippen LogP contribution is -2.14. The maximum atomic E-state index is 6.12. The third kappa shape index (κ3) is 1.62. The second kappa shape index (κ2) is 3.83. The standard InChI is InChI=1S/C11H14ClN3/c1-3-8(13)11-14-9-6-4-5-7(12)10(9)15(11)2/h4-6,8H,3,13H2,1-2H3. The molecule has 0 aliphatic rings. The van der Waals surface area contributed by atoms with E-state index in [0.717, 1.165) is 28.3 Å². The first-order valence-corrected chi connectivity index (χ1v) is 5.39. The quantitative estimate of drug-likeness (QED) is 0.851. The average Bonchev–Trinajstić information content (AvgIpc) is 2.56. The number of benzene rings is 1. The highest BCUT2D eigenvalue weighted by Gasteiger charge is 2.14. The van der Waals surface area contributed by atoms with Crippen LogP contribution in [0.2, 0.25) is 5.02 Å². The van der Waals surface area contributed by atoms with Gasteiger partial charge in [0.15, 0.2) is 0 Å². The molecule has 0 aliphatic carbocycles. The Morgan fingerprint density at radius 2 is 2.27 bits per heavy atom. The molecule has 0 bridgehead atoms. The van der Waals surface area contributed by atoms with Gasteiger partial charge in [0, 0.05) is 7.05 Å².